The lowest BCUT2D eigenvalue weighted by atomic mass is 9.93. The van der Waals surface area contributed by atoms with Crippen LogP contribution in [0.15, 0.2) is 36.4 Å². The molecule has 0 spiro atoms. The van der Waals surface area contributed by atoms with Gasteiger partial charge in [-0.2, -0.15) is 0 Å². The Morgan fingerprint density at radius 2 is 1.88 bits per heavy atom. The molecule has 0 unspecified atom stereocenters. The minimum Gasteiger partial charge on any atom is -0.338 e. The number of rotatable bonds is 5. The van der Waals surface area contributed by atoms with Crippen molar-refractivity contribution in [2.45, 2.75) is 19.3 Å². The Morgan fingerprint density at radius 1 is 1.20 bits per heavy atom. The van der Waals surface area contributed by atoms with Gasteiger partial charge in [0, 0.05) is 18.0 Å². The third-order valence-electron chi connectivity index (χ3n) is 4.65. The monoisotopic (exact) mass is 382 g/mol. The maximum absolute atomic E-state index is 13.0. The normalized spacial score (nSPS) is 15.0. The predicted molar refractivity (Wildman–Crippen MR) is 104 cm³/mol. The van der Waals surface area contributed by atoms with Crippen LogP contribution in [0, 0.1) is 11.7 Å². The van der Waals surface area contributed by atoms with Gasteiger partial charge in [0.1, 0.15) is 5.82 Å². The second kappa shape index (κ2) is 9.32. The van der Waals surface area contributed by atoms with Crippen molar-refractivity contribution in [1.29, 1.82) is 0 Å². The fourth-order valence-electron chi connectivity index (χ4n) is 3.15. The van der Waals surface area contributed by atoms with Crippen molar-refractivity contribution in [3.8, 4) is 10.4 Å². The molecule has 1 N–H and O–H groups in total. The van der Waals surface area contributed by atoms with Gasteiger partial charge in [0.25, 0.3) is 5.91 Å². The summed E-state index contributed by atoms with van der Waals surface area (Å²) in [6.07, 6.45) is 3.36. The molecule has 1 aliphatic heterocycles. The van der Waals surface area contributed by atoms with Crippen molar-refractivity contribution < 1.29 is 9.18 Å². The van der Waals surface area contributed by atoms with E-state index in [0.717, 1.165) is 53.7 Å². The molecule has 0 radical (unpaired) electrons. The van der Waals surface area contributed by atoms with Gasteiger partial charge < -0.3 is 10.2 Å². The molecular weight excluding hydrogens is 359 g/mol. The van der Waals surface area contributed by atoms with E-state index in [2.05, 4.69) is 5.32 Å². The molecule has 1 amide bonds. The Bertz CT molecular complexity index is 681. The van der Waals surface area contributed by atoms with Crippen LogP contribution in [0.1, 0.15) is 28.9 Å². The Kier molecular flexibility index (Phi) is 7.41. The minimum absolute atomic E-state index is 0. The van der Waals surface area contributed by atoms with E-state index in [-0.39, 0.29) is 24.1 Å². The summed E-state index contributed by atoms with van der Waals surface area (Å²) in [7, 11) is 1.98. The number of carbonyl (C=O) groups is 1. The zero-order chi connectivity index (χ0) is 16.9. The van der Waals surface area contributed by atoms with Gasteiger partial charge in [0.2, 0.25) is 0 Å². The standard InChI is InChI=1S/C19H23FN2OS.ClH/c1-21-11-8-14-9-12-22(13-10-14)19(23)18-7-6-17(24-18)15-2-4-16(20)5-3-15;/h2-7,14,21H,8-13H2,1H3;1H. The summed E-state index contributed by atoms with van der Waals surface area (Å²) in [6.45, 7) is 2.73. The SMILES string of the molecule is CNCCC1CCN(C(=O)c2ccc(-c3ccc(F)cc3)s2)CC1.Cl. The summed E-state index contributed by atoms with van der Waals surface area (Å²) in [5.41, 5.74) is 0.950. The van der Waals surface area contributed by atoms with Crippen molar-refractivity contribution in [2.24, 2.45) is 5.92 Å². The first-order valence-electron chi connectivity index (χ1n) is 8.47. The Morgan fingerprint density at radius 3 is 2.52 bits per heavy atom. The van der Waals surface area contributed by atoms with Gasteiger partial charge in [-0.3, -0.25) is 4.79 Å². The molecule has 1 fully saturated rings. The number of benzene rings is 1. The van der Waals surface area contributed by atoms with Crippen LogP contribution in [0.3, 0.4) is 0 Å². The minimum atomic E-state index is -0.243. The molecule has 2 aromatic rings. The molecule has 1 aromatic carbocycles. The average molecular weight is 383 g/mol. The highest BCUT2D eigenvalue weighted by Gasteiger charge is 2.24. The molecule has 1 aliphatic rings. The second-order valence-corrected chi connectivity index (χ2v) is 7.38. The van der Waals surface area contributed by atoms with Crippen LogP contribution >= 0.6 is 23.7 Å². The number of nitrogens with zero attached hydrogens (tertiary/aromatic N) is 1. The fourth-order valence-corrected chi connectivity index (χ4v) is 4.13. The molecule has 0 bridgehead atoms. The molecule has 1 saturated heterocycles. The van der Waals surface area contributed by atoms with E-state index in [1.165, 1.54) is 29.9 Å². The zero-order valence-electron chi connectivity index (χ0n) is 14.3. The second-order valence-electron chi connectivity index (χ2n) is 6.30. The first-order chi connectivity index (χ1) is 11.7. The van der Waals surface area contributed by atoms with Crippen molar-refractivity contribution in [3.63, 3.8) is 0 Å². The number of hydrogen-bond donors (Lipinski definition) is 1. The lowest BCUT2D eigenvalue weighted by molar-refractivity contribution is 0.0692. The van der Waals surface area contributed by atoms with Crippen LogP contribution in [0.4, 0.5) is 4.39 Å². The quantitative estimate of drug-likeness (QED) is 0.829. The summed E-state index contributed by atoms with van der Waals surface area (Å²) in [5.74, 6) is 0.604. The maximum atomic E-state index is 13.0. The van der Waals surface area contributed by atoms with Crippen LogP contribution in [0.5, 0.6) is 0 Å². The first kappa shape index (κ1) is 19.9. The highest BCUT2D eigenvalue weighted by molar-refractivity contribution is 7.17. The summed E-state index contributed by atoms with van der Waals surface area (Å²) in [4.78, 5) is 16.4. The maximum Gasteiger partial charge on any atom is 0.263 e. The van der Waals surface area contributed by atoms with Crippen molar-refractivity contribution in [1.82, 2.24) is 10.2 Å². The molecule has 25 heavy (non-hydrogen) atoms. The molecule has 136 valence electrons. The van der Waals surface area contributed by atoms with E-state index in [0.29, 0.717) is 0 Å². The largest absolute Gasteiger partial charge is 0.338 e. The fraction of sp³-hybridized carbons (Fsp3) is 0.421. The molecular formula is C19H24ClFN2OS. The van der Waals surface area contributed by atoms with Crippen LogP contribution in [0.25, 0.3) is 10.4 Å². The first-order valence-corrected chi connectivity index (χ1v) is 9.28. The Balaban J connectivity index is 0.00000225. The number of nitrogens with one attached hydrogen (secondary N) is 1. The van der Waals surface area contributed by atoms with Gasteiger partial charge >= 0.3 is 0 Å². The van der Waals surface area contributed by atoms with Crippen LogP contribution in [-0.2, 0) is 0 Å². The molecule has 2 heterocycles. The lowest BCUT2D eigenvalue weighted by Crippen LogP contribution is -2.38. The number of amides is 1. The summed E-state index contributed by atoms with van der Waals surface area (Å²) < 4.78 is 13.0. The third-order valence-corrected chi connectivity index (χ3v) is 5.77. The van der Waals surface area contributed by atoms with Crippen molar-refractivity contribution in [2.75, 3.05) is 26.7 Å². The van der Waals surface area contributed by atoms with E-state index in [1.54, 1.807) is 12.1 Å². The van der Waals surface area contributed by atoms with Crippen molar-refractivity contribution >= 4 is 29.7 Å². The van der Waals surface area contributed by atoms with Gasteiger partial charge in [-0.15, -0.1) is 23.7 Å². The molecule has 0 saturated carbocycles. The van der Waals surface area contributed by atoms with Crippen molar-refractivity contribution in [3.05, 3.63) is 47.1 Å². The molecule has 3 rings (SSSR count). The van der Waals surface area contributed by atoms with Gasteiger partial charge in [-0.1, -0.05) is 12.1 Å². The Labute approximate surface area is 158 Å². The van der Waals surface area contributed by atoms with E-state index in [9.17, 15) is 9.18 Å². The summed E-state index contributed by atoms with van der Waals surface area (Å²) in [6, 6.07) is 10.2. The number of thiophene rings is 1. The van der Waals surface area contributed by atoms with Crippen LogP contribution in [-0.4, -0.2) is 37.5 Å². The van der Waals surface area contributed by atoms with E-state index >= 15 is 0 Å². The lowest BCUT2D eigenvalue weighted by Gasteiger charge is -2.31. The molecule has 0 aliphatic carbocycles. The third kappa shape index (κ3) is 5.03. The predicted octanol–water partition coefficient (Wildman–Crippen LogP) is 4.44. The van der Waals surface area contributed by atoms with Gasteiger partial charge in [-0.25, -0.2) is 4.39 Å². The van der Waals surface area contributed by atoms with Crippen LogP contribution < -0.4 is 5.32 Å². The highest BCUT2D eigenvalue weighted by atomic mass is 35.5. The van der Waals surface area contributed by atoms with E-state index in [4.69, 9.17) is 0 Å². The average Bonchev–Trinajstić information content (AvgIpc) is 3.10. The molecule has 0 atom stereocenters. The number of carbonyl (C=O) groups excluding carboxylic acids is 1. The zero-order valence-corrected chi connectivity index (χ0v) is 16.0. The number of halogens is 2. The molecule has 6 heteroatoms. The van der Waals surface area contributed by atoms with Gasteiger partial charge in [-0.05, 0) is 68.6 Å². The molecule has 3 nitrogen and oxygen atoms in total. The number of piperidine rings is 1. The van der Waals surface area contributed by atoms with E-state index < -0.39 is 0 Å². The van der Waals surface area contributed by atoms with Crippen LogP contribution in [0.2, 0.25) is 0 Å². The molecule has 1 aromatic heterocycles. The van der Waals surface area contributed by atoms with Gasteiger partial charge in [0.05, 0.1) is 4.88 Å². The summed E-state index contributed by atoms with van der Waals surface area (Å²) >= 11 is 1.48. The van der Waals surface area contributed by atoms with Gasteiger partial charge in [0.15, 0.2) is 0 Å². The topological polar surface area (TPSA) is 32.3 Å². The highest BCUT2D eigenvalue weighted by Crippen LogP contribution is 2.30. The smallest absolute Gasteiger partial charge is 0.263 e. The number of hydrogen-bond acceptors (Lipinski definition) is 3. The Hall–Kier alpha value is -1.43. The van der Waals surface area contributed by atoms with E-state index in [1.807, 2.05) is 24.1 Å². The number of likely N-dealkylation sites (tertiary alicyclic amines) is 1. The summed E-state index contributed by atoms with van der Waals surface area (Å²) in [5, 5.41) is 3.19.